The summed E-state index contributed by atoms with van der Waals surface area (Å²) in [7, 11) is 2.19. The second kappa shape index (κ2) is 5.46. The zero-order valence-corrected chi connectivity index (χ0v) is 11.6. The lowest BCUT2D eigenvalue weighted by atomic mass is 10.2. The molecular formula is C15H19N4O+. The Morgan fingerprint density at radius 3 is 2.85 bits per heavy atom. The van der Waals surface area contributed by atoms with E-state index in [1.165, 1.54) is 4.90 Å². The van der Waals surface area contributed by atoms with Gasteiger partial charge in [0.15, 0.2) is 0 Å². The Labute approximate surface area is 117 Å². The van der Waals surface area contributed by atoms with Crippen LogP contribution in [0.5, 0.6) is 0 Å². The van der Waals surface area contributed by atoms with E-state index < -0.39 is 0 Å². The monoisotopic (exact) mass is 271 g/mol. The minimum atomic E-state index is -0.0906. The van der Waals surface area contributed by atoms with Crippen molar-refractivity contribution in [3.05, 3.63) is 46.2 Å². The minimum absolute atomic E-state index is 0.0906. The quantitative estimate of drug-likeness (QED) is 0.736. The van der Waals surface area contributed by atoms with Crippen molar-refractivity contribution in [2.45, 2.75) is 0 Å². The molecule has 5 nitrogen and oxygen atoms in total. The highest BCUT2D eigenvalue weighted by molar-refractivity contribution is 5.87. The van der Waals surface area contributed by atoms with Gasteiger partial charge in [0.05, 0.1) is 45.0 Å². The highest BCUT2D eigenvalue weighted by Crippen LogP contribution is 2.09. The highest BCUT2D eigenvalue weighted by atomic mass is 16.1. The molecule has 1 saturated heterocycles. The molecule has 104 valence electrons. The van der Waals surface area contributed by atoms with Crippen LogP contribution in [0.3, 0.4) is 0 Å². The molecule has 0 bridgehead atoms. The van der Waals surface area contributed by atoms with Crippen LogP contribution in [0.1, 0.15) is 5.56 Å². The fourth-order valence-electron chi connectivity index (χ4n) is 2.40. The van der Waals surface area contributed by atoms with Gasteiger partial charge in [-0.1, -0.05) is 18.2 Å². The van der Waals surface area contributed by atoms with Gasteiger partial charge in [0.2, 0.25) is 0 Å². The summed E-state index contributed by atoms with van der Waals surface area (Å²) >= 11 is 0. The van der Waals surface area contributed by atoms with E-state index in [1.807, 2.05) is 35.3 Å². The summed E-state index contributed by atoms with van der Waals surface area (Å²) in [4.78, 5) is 16.4. The smallest absolute Gasteiger partial charge is 0.257 e. The Balaban J connectivity index is 1.83. The van der Waals surface area contributed by atoms with Crippen molar-refractivity contribution in [2.75, 3.05) is 33.2 Å². The van der Waals surface area contributed by atoms with E-state index in [9.17, 15) is 4.79 Å². The predicted molar refractivity (Wildman–Crippen MR) is 80.4 cm³/mol. The molecule has 1 aliphatic rings. The van der Waals surface area contributed by atoms with Crippen LogP contribution in [0.2, 0.25) is 0 Å². The van der Waals surface area contributed by atoms with Gasteiger partial charge in [-0.25, -0.2) is 0 Å². The summed E-state index contributed by atoms with van der Waals surface area (Å²) in [5.41, 5.74) is 1.38. The number of nitrogens with zero attached hydrogens (tertiary/aromatic N) is 2. The largest absolute Gasteiger partial charge is 0.334 e. The number of nitrogens with one attached hydrogen (secondary N) is 2. The predicted octanol–water partition coefficient (Wildman–Crippen LogP) is -0.308. The lowest BCUT2D eigenvalue weighted by Gasteiger charge is -2.27. The van der Waals surface area contributed by atoms with Crippen LogP contribution in [-0.4, -0.2) is 49.4 Å². The Kier molecular flexibility index (Phi) is 3.52. The Morgan fingerprint density at radius 1 is 1.30 bits per heavy atom. The molecule has 0 unspecified atom stereocenters. The summed E-state index contributed by atoms with van der Waals surface area (Å²) in [6.45, 7) is 4.05. The van der Waals surface area contributed by atoms with E-state index in [1.54, 1.807) is 6.21 Å². The summed E-state index contributed by atoms with van der Waals surface area (Å²) in [5.74, 6) is 0. The summed E-state index contributed by atoms with van der Waals surface area (Å²) in [6.07, 6.45) is 1.67. The lowest BCUT2D eigenvalue weighted by Crippen LogP contribution is -3.11. The molecule has 20 heavy (non-hydrogen) atoms. The van der Waals surface area contributed by atoms with Crippen LogP contribution in [0.25, 0.3) is 10.9 Å². The Bertz CT molecular complexity index is 684. The molecule has 0 amide bonds. The second-order valence-electron chi connectivity index (χ2n) is 5.30. The summed E-state index contributed by atoms with van der Waals surface area (Å²) in [6, 6.07) is 9.66. The molecule has 0 radical (unpaired) electrons. The third kappa shape index (κ3) is 2.72. The highest BCUT2D eigenvalue weighted by Gasteiger charge is 2.14. The summed E-state index contributed by atoms with van der Waals surface area (Å²) < 4.78 is 0. The molecule has 2 N–H and O–H groups in total. The molecule has 1 aromatic heterocycles. The number of rotatable bonds is 2. The number of hydrazone groups is 1. The van der Waals surface area contributed by atoms with Gasteiger partial charge in [0.1, 0.15) is 0 Å². The maximum Gasteiger partial charge on any atom is 0.257 e. The van der Waals surface area contributed by atoms with Crippen LogP contribution in [0.4, 0.5) is 0 Å². The zero-order chi connectivity index (χ0) is 13.9. The van der Waals surface area contributed by atoms with Gasteiger partial charge in [-0.15, -0.1) is 0 Å². The van der Waals surface area contributed by atoms with Crippen molar-refractivity contribution in [1.29, 1.82) is 0 Å². The number of aromatic nitrogens is 1. The van der Waals surface area contributed by atoms with Crippen molar-refractivity contribution in [3.63, 3.8) is 0 Å². The van der Waals surface area contributed by atoms with Gasteiger partial charge in [-0.2, -0.15) is 5.10 Å². The first-order valence-corrected chi connectivity index (χ1v) is 6.95. The molecule has 3 rings (SSSR count). The molecule has 2 heterocycles. The number of aromatic amines is 1. The van der Waals surface area contributed by atoms with Gasteiger partial charge in [-0.3, -0.25) is 9.80 Å². The van der Waals surface area contributed by atoms with Crippen LogP contribution < -0.4 is 10.5 Å². The number of piperazine rings is 1. The first-order chi connectivity index (χ1) is 9.72. The molecule has 0 aliphatic carbocycles. The molecule has 0 saturated carbocycles. The van der Waals surface area contributed by atoms with E-state index in [2.05, 4.69) is 17.1 Å². The van der Waals surface area contributed by atoms with Gasteiger partial charge in [0.25, 0.3) is 5.56 Å². The third-order valence-electron chi connectivity index (χ3n) is 3.74. The van der Waals surface area contributed by atoms with E-state index >= 15 is 0 Å². The average Bonchev–Trinajstić information content (AvgIpc) is 2.47. The van der Waals surface area contributed by atoms with E-state index in [-0.39, 0.29) is 5.56 Å². The standard InChI is InChI=1S/C15H18N4O/c1-18-6-8-19(9-7-18)16-11-13-10-12-4-2-3-5-14(12)17-15(13)20/h2-5,10-11H,6-9H2,1H3,(H,17,20)/p+1/b16-11+. The van der Waals surface area contributed by atoms with Crippen molar-refractivity contribution in [2.24, 2.45) is 5.10 Å². The van der Waals surface area contributed by atoms with Gasteiger partial charge >= 0.3 is 0 Å². The molecule has 1 fully saturated rings. The summed E-state index contributed by atoms with van der Waals surface area (Å²) in [5, 5.41) is 7.48. The number of benzene rings is 1. The topological polar surface area (TPSA) is 52.9 Å². The number of likely N-dealkylation sites (N-methyl/N-ethyl adjacent to an activating group) is 1. The fourth-order valence-corrected chi connectivity index (χ4v) is 2.40. The SMILES string of the molecule is C[NH+]1CCN(/N=C/c2cc3ccccc3[nH]c2=O)CC1. The van der Waals surface area contributed by atoms with E-state index in [0.717, 1.165) is 37.1 Å². The minimum Gasteiger partial charge on any atom is -0.334 e. The van der Waals surface area contributed by atoms with Crippen LogP contribution >= 0.6 is 0 Å². The Hall–Kier alpha value is -2.14. The lowest BCUT2D eigenvalue weighted by molar-refractivity contribution is -0.884. The zero-order valence-electron chi connectivity index (χ0n) is 11.6. The first-order valence-electron chi connectivity index (χ1n) is 6.95. The van der Waals surface area contributed by atoms with Gasteiger partial charge in [-0.05, 0) is 17.5 Å². The van der Waals surface area contributed by atoms with Crippen molar-refractivity contribution in [1.82, 2.24) is 9.99 Å². The number of para-hydroxylation sites is 1. The van der Waals surface area contributed by atoms with Crippen LogP contribution in [0.15, 0.2) is 40.2 Å². The number of fused-ring (bicyclic) bond motifs is 1. The number of pyridine rings is 1. The third-order valence-corrected chi connectivity index (χ3v) is 3.74. The van der Waals surface area contributed by atoms with Crippen LogP contribution in [-0.2, 0) is 0 Å². The number of quaternary nitrogens is 1. The molecule has 5 heteroatoms. The van der Waals surface area contributed by atoms with Gasteiger partial charge in [0, 0.05) is 5.52 Å². The average molecular weight is 271 g/mol. The second-order valence-corrected chi connectivity index (χ2v) is 5.30. The molecule has 1 aromatic carbocycles. The normalized spacial score (nSPS) is 17.1. The molecular weight excluding hydrogens is 252 g/mol. The maximum absolute atomic E-state index is 12.0. The van der Waals surface area contributed by atoms with Crippen molar-refractivity contribution < 1.29 is 4.90 Å². The molecule has 2 aromatic rings. The van der Waals surface area contributed by atoms with Crippen molar-refractivity contribution in [3.8, 4) is 0 Å². The number of hydrogen-bond donors (Lipinski definition) is 2. The fraction of sp³-hybridized carbons (Fsp3) is 0.333. The van der Waals surface area contributed by atoms with E-state index in [0.29, 0.717) is 5.56 Å². The molecule has 0 spiro atoms. The maximum atomic E-state index is 12.0. The van der Waals surface area contributed by atoms with Crippen LogP contribution in [0, 0.1) is 0 Å². The number of hydrogen-bond acceptors (Lipinski definition) is 3. The molecule has 1 aliphatic heterocycles. The molecule has 0 atom stereocenters. The van der Waals surface area contributed by atoms with Gasteiger partial charge < -0.3 is 9.88 Å². The van der Waals surface area contributed by atoms with E-state index in [4.69, 9.17) is 0 Å². The Morgan fingerprint density at radius 2 is 2.05 bits per heavy atom. The van der Waals surface area contributed by atoms with Crippen molar-refractivity contribution >= 4 is 17.1 Å². The number of H-pyrrole nitrogens is 1. The first kappa shape index (κ1) is 12.9.